The molecular formula is C18H18N4O. The molecule has 2 heterocycles. The highest BCUT2D eigenvalue weighted by atomic mass is 16.5. The van der Waals surface area contributed by atoms with Gasteiger partial charge in [0, 0.05) is 13.7 Å². The van der Waals surface area contributed by atoms with Crippen molar-refractivity contribution in [2.24, 2.45) is 0 Å². The lowest BCUT2D eigenvalue weighted by molar-refractivity contribution is 0.210. The van der Waals surface area contributed by atoms with Crippen LogP contribution in [0.15, 0.2) is 24.3 Å². The number of rotatable bonds is 4. The first-order valence-corrected chi connectivity index (χ1v) is 7.93. The zero-order valence-corrected chi connectivity index (χ0v) is 13.1. The van der Waals surface area contributed by atoms with E-state index in [1.165, 1.54) is 5.56 Å². The van der Waals surface area contributed by atoms with E-state index >= 15 is 0 Å². The van der Waals surface area contributed by atoms with E-state index < -0.39 is 0 Å². The molecule has 0 amide bonds. The molecule has 0 radical (unpaired) electrons. The SMILES string of the molecule is COCCNc1c2c(c(C#N)c3nc4ccccc4n13)CCC2. The summed E-state index contributed by atoms with van der Waals surface area (Å²) >= 11 is 0. The predicted octanol–water partition coefficient (Wildman–Crippen LogP) is 2.91. The molecule has 0 aliphatic heterocycles. The summed E-state index contributed by atoms with van der Waals surface area (Å²) in [4.78, 5) is 4.72. The molecular weight excluding hydrogens is 288 g/mol. The van der Waals surface area contributed by atoms with Gasteiger partial charge in [0.2, 0.25) is 0 Å². The summed E-state index contributed by atoms with van der Waals surface area (Å²) < 4.78 is 7.27. The maximum absolute atomic E-state index is 9.69. The number of methoxy groups -OCH3 is 1. The molecule has 0 saturated heterocycles. The summed E-state index contributed by atoms with van der Waals surface area (Å²) in [6, 6.07) is 10.4. The van der Waals surface area contributed by atoms with Gasteiger partial charge in [0.05, 0.1) is 23.2 Å². The van der Waals surface area contributed by atoms with Gasteiger partial charge in [-0.3, -0.25) is 4.40 Å². The molecule has 0 bridgehead atoms. The van der Waals surface area contributed by atoms with Gasteiger partial charge in [0.1, 0.15) is 11.9 Å². The number of pyridine rings is 1. The number of nitrogens with zero attached hydrogens (tertiary/aromatic N) is 3. The van der Waals surface area contributed by atoms with Crippen molar-refractivity contribution in [3.05, 3.63) is 41.0 Å². The molecule has 1 aliphatic rings. The Bertz CT molecular complexity index is 936. The average molecular weight is 306 g/mol. The molecule has 1 aliphatic carbocycles. The summed E-state index contributed by atoms with van der Waals surface area (Å²) in [5.74, 6) is 1.07. The van der Waals surface area contributed by atoms with Crippen LogP contribution in [0.4, 0.5) is 5.82 Å². The molecule has 1 N–H and O–H groups in total. The van der Waals surface area contributed by atoms with Crippen LogP contribution < -0.4 is 5.32 Å². The van der Waals surface area contributed by atoms with Gasteiger partial charge in [-0.1, -0.05) is 12.1 Å². The van der Waals surface area contributed by atoms with Crippen LogP contribution in [0.3, 0.4) is 0 Å². The molecule has 0 unspecified atom stereocenters. The van der Waals surface area contributed by atoms with Crippen molar-refractivity contribution in [3.63, 3.8) is 0 Å². The van der Waals surface area contributed by atoms with E-state index in [4.69, 9.17) is 9.72 Å². The van der Waals surface area contributed by atoms with Crippen molar-refractivity contribution >= 4 is 22.5 Å². The molecule has 5 heteroatoms. The standard InChI is InChI=1S/C18H18N4O/c1-23-10-9-20-17-13-6-4-5-12(13)14(11-19)18-21-15-7-2-3-8-16(15)22(17)18/h2-3,7-8,20H,4-6,9-10H2,1H3. The normalized spacial score (nSPS) is 13.4. The number of ether oxygens (including phenoxy) is 1. The number of nitriles is 1. The average Bonchev–Trinajstić information content (AvgIpc) is 3.19. The van der Waals surface area contributed by atoms with E-state index in [9.17, 15) is 5.26 Å². The van der Waals surface area contributed by atoms with E-state index in [-0.39, 0.29) is 0 Å². The minimum absolute atomic E-state index is 0.642. The summed E-state index contributed by atoms with van der Waals surface area (Å²) in [6.45, 7) is 1.37. The van der Waals surface area contributed by atoms with E-state index in [2.05, 4.69) is 21.9 Å². The van der Waals surface area contributed by atoms with Crippen LogP contribution in [0.25, 0.3) is 16.7 Å². The van der Waals surface area contributed by atoms with Gasteiger partial charge in [-0.25, -0.2) is 4.98 Å². The fourth-order valence-electron chi connectivity index (χ4n) is 3.55. The highest BCUT2D eigenvalue weighted by molar-refractivity contribution is 5.86. The molecule has 1 aromatic carbocycles. The van der Waals surface area contributed by atoms with Crippen LogP contribution in [-0.4, -0.2) is 29.6 Å². The largest absolute Gasteiger partial charge is 0.383 e. The van der Waals surface area contributed by atoms with Gasteiger partial charge in [0.15, 0.2) is 5.65 Å². The van der Waals surface area contributed by atoms with E-state index in [0.29, 0.717) is 6.61 Å². The Hall–Kier alpha value is -2.58. The molecule has 0 saturated carbocycles. The van der Waals surface area contributed by atoms with Gasteiger partial charge < -0.3 is 10.1 Å². The Kier molecular flexibility index (Phi) is 3.40. The lowest BCUT2D eigenvalue weighted by Gasteiger charge is -2.16. The molecule has 0 spiro atoms. The van der Waals surface area contributed by atoms with Crippen molar-refractivity contribution in [3.8, 4) is 6.07 Å². The number of fused-ring (bicyclic) bond motifs is 4. The van der Waals surface area contributed by atoms with Crippen LogP contribution in [0.5, 0.6) is 0 Å². The van der Waals surface area contributed by atoms with Gasteiger partial charge in [-0.05, 0) is 42.5 Å². The highest BCUT2D eigenvalue weighted by Crippen LogP contribution is 2.36. The highest BCUT2D eigenvalue weighted by Gasteiger charge is 2.25. The van der Waals surface area contributed by atoms with Crippen LogP contribution in [0.1, 0.15) is 23.1 Å². The first-order chi connectivity index (χ1) is 11.3. The van der Waals surface area contributed by atoms with Crippen molar-refractivity contribution in [2.45, 2.75) is 19.3 Å². The second-order valence-electron chi connectivity index (χ2n) is 5.83. The number of hydrogen-bond donors (Lipinski definition) is 1. The number of aromatic nitrogens is 2. The van der Waals surface area contributed by atoms with E-state index in [1.54, 1.807) is 7.11 Å². The third-order valence-electron chi connectivity index (χ3n) is 4.52. The first-order valence-electron chi connectivity index (χ1n) is 7.93. The summed E-state index contributed by atoms with van der Waals surface area (Å²) in [5, 5.41) is 13.2. The minimum atomic E-state index is 0.642. The third kappa shape index (κ3) is 2.07. The number of imidazole rings is 1. The van der Waals surface area contributed by atoms with Crippen molar-refractivity contribution in [1.82, 2.24) is 9.38 Å². The Morgan fingerprint density at radius 2 is 2.13 bits per heavy atom. The zero-order valence-electron chi connectivity index (χ0n) is 13.1. The monoisotopic (exact) mass is 306 g/mol. The van der Waals surface area contributed by atoms with Crippen molar-refractivity contribution < 1.29 is 4.74 Å². The molecule has 3 aromatic rings. The van der Waals surface area contributed by atoms with E-state index in [0.717, 1.165) is 59.4 Å². The maximum atomic E-state index is 9.69. The number of anilines is 1. The van der Waals surface area contributed by atoms with Crippen molar-refractivity contribution in [2.75, 3.05) is 25.6 Å². The number of hydrogen-bond acceptors (Lipinski definition) is 4. The maximum Gasteiger partial charge on any atom is 0.157 e. The van der Waals surface area contributed by atoms with Crippen LogP contribution >= 0.6 is 0 Å². The summed E-state index contributed by atoms with van der Waals surface area (Å²) in [5.41, 5.74) is 5.86. The fourth-order valence-corrected chi connectivity index (χ4v) is 3.55. The zero-order chi connectivity index (χ0) is 15.8. The third-order valence-corrected chi connectivity index (χ3v) is 4.52. The van der Waals surface area contributed by atoms with E-state index in [1.807, 2.05) is 18.2 Å². The smallest absolute Gasteiger partial charge is 0.157 e. The Morgan fingerprint density at radius 1 is 1.30 bits per heavy atom. The first kappa shape index (κ1) is 14.0. The van der Waals surface area contributed by atoms with Crippen LogP contribution in [0.2, 0.25) is 0 Å². The predicted molar refractivity (Wildman–Crippen MR) is 89.8 cm³/mol. The number of benzene rings is 1. The molecule has 0 fully saturated rings. The molecule has 2 aromatic heterocycles. The second kappa shape index (κ2) is 5.56. The van der Waals surface area contributed by atoms with Crippen molar-refractivity contribution in [1.29, 1.82) is 5.26 Å². The quantitative estimate of drug-likeness (QED) is 0.753. The fraction of sp³-hybridized carbons (Fsp3) is 0.333. The Morgan fingerprint density at radius 3 is 2.96 bits per heavy atom. The van der Waals surface area contributed by atoms with Crippen LogP contribution in [0, 0.1) is 11.3 Å². The topological polar surface area (TPSA) is 62.3 Å². The number of para-hydroxylation sites is 2. The van der Waals surface area contributed by atoms with Crippen LogP contribution in [-0.2, 0) is 17.6 Å². The van der Waals surface area contributed by atoms with Gasteiger partial charge in [-0.15, -0.1) is 0 Å². The lowest BCUT2D eigenvalue weighted by atomic mass is 10.1. The molecule has 0 atom stereocenters. The Labute approximate surface area is 134 Å². The summed E-state index contributed by atoms with van der Waals surface area (Å²) in [6.07, 6.45) is 3.05. The molecule has 116 valence electrons. The molecule has 23 heavy (non-hydrogen) atoms. The molecule has 4 rings (SSSR count). The second-order valence-corrected chi connectivity index (χ2v) is 5.83. The van der Waals surface area contributed by atoms with Gasteiger partial charge >= 0.3 is 0 Å². The van der Waals surface area contributed by atoms with Gasteiger partial charge in [0.25, 0.3) is 0 Å². The number of nitrogens with one attached hydrogen (secondary N) is 1. The lowest BCUT2D eigenvalue weighted by Crippen LogP contribution is -2.13. The summed E-state index contributed by atoms with van der Waals surface area (Å²) in [7, 11) is 1.70. The molecule has 5 nitrogen and oxygen atoms in total. The van der Waals surface area contributed by atoms with Gasteiger partial charge in [-0.2, -0.15) is 5.26 Å². The Balaban J connectivity index is 2.06. The minimum Gasteiger partial charge on any atom is -0.383 e.